The van der Waals surface area contributed by atoms with Gasteiger partial charge in [-0.1, -0.05) is 28.1 Å². The second-order valence-corrected chi connectivity index (χ2v) is 8.41. The lowest BCUT2D eigenvalue weighted by molar-refractivity contribution is -0.111. The monoisotopic (exact) mass is 507 g/mol. The Hall–Kier alpha value is -1.83. The number of halogens is 2. The molecule has 0 aromatic heterocycles. The van der Waals surface area contributed by atoms with Crippen molar-refractivity contribution >= 4 is 55.2 Å². The molecule has 28 heavy (non-hydrogen) atoms. The van der Waals surface area contributed by atoms with Gasteiger partial charge in [-0.3, -0.25) is 4.79 Å². The number of amides is 1. The Morgan fingerprint density at radius 2 is 1.86 bits per heavy atom. The topological polar surface area (TPSA) is 44.8 Å². The molecule has 0 unspecified atom stereocenters. The molecule has 1 heterocycles. The highest BCUT2D eigenvalue weighted by Gasteiger charge is 2.17. The summed E-state index contributed by atoms with van der Waals surface area (Å²) in [7, 11) is 3.74. The highest BCUT2D eigenvalue weighted by Crippen LogP contribution is 2.33. The summed E-state index contributed by atoms with van der Waals surface area (Å²) in [5.41, 5.74) is 2.69. The van der Waals surface area contributed by atoms with Crippen molar-refractivity contribution in [2.24, 2.45) is 0 Å². The molecule has 148 valence electrons. The van der Waals surface area contributed by atoms with Crippen molar-refractivity contribution in [3.05, 3.63) is 57.0 Å². The highest BCUT2D eigenvalue weighted by atomic mass is 79.9. The van der Waals surface area contributed by atoms with Gasteiger partial charge in [-0.2, -0.15) is 0 Å². The van der Waals surface area contributed by atoms with Crippen LogP contribution in [0.15, 0.2) is 51.4 Å². The summed E-state index contributed by atoms with van der Waals surface area (Å²) >= 11 is 6.94. The van der Waals surface area contributed by atoms with Crippen LogP contribution in [0.4, 0.5) is 11.4 Å². The van der Waals surface area contributed by atoms with E-state index in [9.17, 15) is 4.79 Å². The first-order chi connectivity index (χ1) is 13.5. The van der Waals surface area contributed by atoms with E-state index in [-0.39, 0.29) is 5.91 Å². The maximum Gasteiger partial charge on any atom is 0.248 e. The van der Waals surface area contributed by atoms with Crippen molar-refractivity contribution in [1.82, 2.24) is 4.90 Å². The van der Waals surface area contributed by atoms with Gasteiger partial charge >= 0.3 is 0 Å². The van der Waals surface area contributed by atoms with Gasteiger partial charge in [-0.25, -0.2) is 0 Å². The first-order valence-corrected chi connectivity index (χ1v) is 10.6. The molecule has 0 radical (unpaired) electrons. The lowest BCUT2D eigenvalue weighted by atomic mass is 10.2. The molecule has 0 saturated carbocycles. The molecule has 2 aromatic rings. The molecular weight excluding hydrogens is 486 g/mol. The number of nitrogens with zero attached hydrogens (tertiary/aromatic N) is 2. The number of ether oxygens (including phenoxy) is 1. The van der Waals surface area contributed by atoms with Crippen LogP contribution in [0.1, 0.15) is 5.56 Å². The molecule has 1 fully saturated rings. The number of benzene rings is 2. The molecule has 1 saturated heterocycles. The summed E-state index contributed by atoms with van der Waals surface area (Å²) in [6.07, 6.45) is 3.28. The van der Waals surface area contributed by atoms with Crippen LogP contribution in [0.5, 0.6) is 5.75 Å². The Balaban J connectivity index is 1.75. The Bertz CT molecular complexity index is 878. The smallest absolute Gasteiger partial charge is 0.248 e. The van der Waals surface area contributed by atoms with Crippen LogP contribution in [0, 0.1) is 0 Å². The number of hydrogen-bond donors (Lipinski definition) is 1. The molecule has 0 bridgehead atoms. The van der Waals surface area contributed by atoms with Crippen molar-refractivity contribution in [2.75, 3.05) is 50.6 Å². The Morgan fingerprint density at radius 1 is 1.14 bits per heavy atom. The Morgan fingerprint density at radius 3 is 2.57 bits per heavy atom. The third kappa shape index (κ3) is 5.16. The van der Waals surface area contributed by atoms with Crippen molar-refractivity contribution < 1.29 is 9.53 Å². The number of likely N-dealkylation sites (N-methyl/N-ethyl adjacent to an activating group) is 1. The molecule has 2 aromatic carbocycles. The maximum absolute atomic E-state index is 12.6. The molecule has 0 spiro atoms. The van der Waals surface area contributed by atoms with Gasteiger partial charge < -0.3 is 19.9 Å². The van der Waals surface area contributed by atoms with Gasteiger partial charge in [0.1, 0.15) is 5.75 Å². The molecule has 5 nitrogen and oxygen atoms in total. The molecule has 0 atom stereocenters. The van der Waals surface area contributed by atoms with Crippen molar-refractivity contribution in [1.29, 1.82) is 0 Å². The van der Waals surface area contributed by atoms with Gasteiger partial charge in [0.25, 0.3) is 0 Å². The van der Waals surface area contributed by atoms with E-state index in [1.54, 1.807) is 13.2 Å². The van der Waals surface area contributed by atoms with E-state index >= 15 is 0 Å². The molecule has 0 aliphatic carbocycles. The van der Waals surface area contributed by atoms with Crippen molar-refractivity contribution in [3.8, 4) is 5.75 Å². The minimum absolute atomic E-state index is 0.181. The summed E-state index contributed by atoms with van der Waals surface area (Å²) in [6.45, 7) is 3.92. The lowest BCUT2D eigenvalue weighted by Gasteiger charge is -2.35. The van der Waals surface area contributed by atoms with Crippen LogP contribution in [0.3, 0.4) is 0 Å². The third-order valence-electron chi connectivity index (χ3n) is 4.66. The predicted molar refractivity (Wildman–Crippen MR) is 122 cm³/mol. The number of anilines is 2. The van der Waals surface area contributed by atoms with Crippen LogP contribution in [0.2, 0.25) is 0 Å². The molecular formula is C21H23Br2N3O2. The summed E-state index contributed by atoms with van der Waals surface area (Å²) in [6, 6.07) is 11.7. The molecule has 3 rings (SSSR count). The lowest BCUT2D eigenvalue weighted by Crippen LogP contribution is -2.44. The fourth-order valence-electron chi connectivity index (χ4n) is 3.16. The van der Waals surface area contributed by atoms with Crippen molar-refractivity contribution in [3.63, 3.8) is 0 Å². The van der Waals surface area contributed by atoms with E-state index in [2.05, 4.69) is 60.1 Å². The van der Waals surface area contributed by atoms with Crippen LogP contribution < -0.4 is 15.0 Å². The molecule has 1 N–H and O–H groups in total. The second-order valence-electron chi connectivity index (χ2n) is 6.64. The maximum atomic E-state index is 12.6. The number of para-hydroxylation sites is 2. The largest absolute Gasteiger partial charge is 0.495 e. The fraction of sp³-hybridized carbons (Fsp3) is 0.286. The van der Waals surface area contributed by atoms with Crippen LogP contribution >= 0.6 is 31.9 Å². The predicted octanol–water partition coefficient (Wildman–Crippen LogP) is 4.62. The molecule has 7 heteroatoms. The van der Waals surface area contributed by atoms with Crippen LogP contribution in [-0.4, -0.2) is 51.1 Å². The van der Waals surface area contributed by atoms with Gasteiger partial charge in [-0.05, 0) is 53.3 Å². The van der Waals surface area contributed by atoms with Crippen LogP contribution in [0.25, 0.3) is 6.08 Å². The normalized spacial score (nSPS) is 15.1. The zero-order valence-corrected chi connectivity index (χ0v) is 19.1. The summed E-state index contributed by atoms with van der Waals surface area (Å²) < 4.78 is 7.15. The fourth-order valence-corrected chi connectivity index (χ4v) is 4.58. The number of piperazine rings is 1. The number of rotatable bonds is 5. The third-order valence-corrected chi connectivity index (χ3v) is 5.71. The zero-order valence-electron chi connectivity index (χ0n) is 15.9. The Labute approximate surface area is 182 Å². The first-order valence-electron chi connectivity index (χ1n) is 9.02. The number of carbonyl (C=O) groups excluding carboxylic acids is 1. The molecule has 1 amide bonds. The average Bonchev–Trinajstić information content (AvgIpc) is 2.67. The molecule has 1 aliphatic heterocycles. The number of carbonyl (C=O) groups is 1. The molecule has 1 aliphatic rings. The van der Waals surface area contributed by atoms with Crippen LogP contribution in [-0.2, 0) is 4.79 Å². The van der Waals surface area contributed by atoms with Gasteiger partial charge in [0.05, 0.1) is 23.0 Å². The summed E-state index contributed by atoms with van der Waals surface area (Å²) in [5.74, 6) is 0.504. The SMILES string of the molecule is COc1c(Br)cc(Br)cc1C=CC(=O)Nc1ccccc1N1CCN(C)CC1. The van der Waals surface area contributed by atoms with Gasteiger partial charge in [0, 0.05) is 42.3 Å². The number of methoxy groups -OCH3 is 1. The highest BCUT2D eigenvalue weighted by molar-refractivity contribution is 9.11. The van der Waals surface area contributed by atoms with E-state index in [1.165, 1.54) is 6.08 Å². The van der Waals surface area contributed by atoms with Gasteiger partial charge in [-0.15, -0.1) is 0 Å². The summed E-state index contributed by atoms with van der Waals surface area (Å²) in [5, 5.41) is 3.01. The quantitative estimate of drug-likeness (QED) is 0.598. The zero-order chi connectivity index (χ0) is 20.1. The second kappa shape index (κ2) is 9.58. The standard InChI is InChI=1S/C21H23Br2N3O2/c1-25-9-11-26(12-10-25)19-6-4-3-5-18(19)24-20(27)8-7-15-13-16(22)14-17(23)21(15)28-2/h3-8,13-14H,9-12H2,1-2H3,(H,24,27). The minimum atomic E-state index is -0.181. The minimum Gasteiger partial charge on any atom is -0.495 e. The van der Waals surface area contributed by atoms with E-state index in [4.69, 9.17) is 4.74 Å². The average molecular weight is 509 g/mol. The van der Waals surface area contributed by atoms with Crippen molar-refractivity contribution in [2.45, 2.75) is 0 Å². The summed E-state index contributed by atoms with van der Waals surface area (Å²) in [4.78, 5) is 17.2. The van der Waals surface area contributed by atoms with E-state index < -0.39 is 0 Å². The number of hydrogen-bond acceptors (Lipinski definition) is 4. The van der Waals surface area contributed by atoms with E-state index in [1.807, 2.05) is 30.3 Å². The van der Waals surface area contributed by atoms with E-state index in [0.29, 0.717) is 5.75 Å². The number of nitrogens with one attached hydrogen (secondary N) is 1. The van der Waals surface area contributed by atoms with E-state index in [0.717, 1.165) is 52.1 Å². The first kappa shape index (κ1) is 20.9. The Kier molecular flexibility index (Phi) is 7.15. The van der Waals surface area contributed by atoms with Gasteiger partial charge in [0.15, 0.2) is 0 Å². The van der Waals surface area contributed by atoms with Gasteiger partial charge in [0.2, 0.25) is 5.91 Å².